The highest BCUT2D eigenvalue weighted by molar-refractivity contribution is 6.09. The molecule has 1 fully saturated rings. The zero-order valence-electron chi connectivity index (χ0n) is 25.0. The average molecular weight is 620 g/mol. The first-order chi connectivity index (χ1) is 20.8. The smallest absolute Gasteiger partial charge is 0.417 e. The summed E-state index contributed by atoms with van der Waals surface area (Å²) in [6, 6.07) is 3.04. The first kappa shape index (κ1) is 31.5. The Hall–Kier alpha value is -3.88. The van der Waals surface area contributed by atoms with Gasteiger partial charge < -0.3 is 30.7 Å². The molecule has 10 nitrogen and oxygen atoms in total. The summed E-state index contributed by atoms with van der Waals surface area (Å²) >= 11 is 0. The van der Waals surface area contributed by atoms with Gasteiger partial charge in [0.05, 0.1) is 36.0 Å². The van der Waals surface area contributed by atoms with Crippen molar-refractivity contribution in [3.05, 3.63) is 65.0 Å². The molecule has 0 aromatic heterocycles. The zero-order valence-corrected chi connectivity index (χ0v) is 25.0. The van der Waals surface area contributed by atoms with E-state index in [9.17, 15) is 23.1 Å². The van der Waals surface area contributed by atoms with Crippen LogP contribution in [0, 0.1) is 5.82 Å². The predicted octanol–water partition coefficient (Wildman–Crippen LogP) is 3.12. The Balaban J connectivity index is 1.50. The number of nitrogens with zero attached hydrogens (tertiary/aromatic N) is 4. The Morgan fingerprint density at radius 1 is 1.18 bits per heavy atom. The normalized spacial score (nSPS) is 26.5. The summed E-state index contributed by atoms with van der Waals surface area (Å²) in [6.07, 6.45) is 0.476. The van der Waals surface area contributed by atoms with E-state index in [1.807, 2.05) is 42.8 Å². The maximum absolute atomic E-state index is 16.0. The fraction of sp³-hybridized carbons (Fsp3) is 0.467. The number of anilines is 2. The summed E-state index contributed by atoms with van der Waals surface area (Å²) in [5, 5.41) is 17.6. The van der Waals surface area contributed by atoms with E-state index in [2.05, 4.69) is 25.8 Å². The lowest BCUT2D eigenvalue weighted by atomic mass is 9.97. The second kappa shape index (κ2) is 12.6. The van der Waals surface area contributed by atoms with Crippen molar-refractivity contribution in [3.8, 4) is 0 Å². The number of hydrogen-bond donors (Lipinski definition) is 4. The Morgan fingerprint density at radius 2 is 1.91 bits per heavy atom. The van der Waals surface area contributed by atoms with Gasteiger partial charge in [0.15, 0.2) is 5.88 Å². The third kappa shape index (κ3) is 6.61. The van der Waals surface area contributed by atoms with Gasteiger partial charge in [-0.05, 0) is 51.1 Å². The van der Waals surface area contributed by atoms with Crippen molar-refractivity contribution < 1.29 is 32.2 Å². The largest absolute Gasteiger partial charge is 0.482 e. The first-order valence-corrected chi connectivity index (χ1v) is 14.4. The van der Waals surface area contributed by atoms with Crippen LogP contribution in [0.2, 0.25) is 0 Å². The topological polar surface area (TPSA) is 105 Å². The van der Waals surface area contributed by atoms with Crippen molar-refractivity contribution in [3.63, 3.8) is 0 Å². The molecule has 44 heavy (non-hydrogen) atoms. The number of hydrogen-bond acceptors (Lipinski definition) is 9. The minimum absolute atomic E-state index is 0.0988. The summed E-state index contributed by atoms with van der Waals surface area (Å²) in [6.45, 7) is 6.11. The second-order valence-electron chi connectivity index (χ2n) is 11.4. The highest BCUT2D eigenvalue weighted by Crippen LogP contribution is 2.38. The van der Waals surface area contributed by atoms with Gasteiger partial charge in [-0.3, -0.25) is 19.6 Å². The van der Waals surface area contributed by atoms with E-state index >= 15 is 4.39 Å². The molecule has 4 heterocycles. The van der Waals surface area contributed by atoms with Gasteiger partial charge in [0.2, 0.25) is 0 Å². The number of piperazine rings is 1. The van der Waals surface area contributed by atoms with Crippen LogP contribution in [0.4, 0.5) is 28.9 Å². The van der Waals surface area contributed by atoms with Crippen molar-refractivity contribution >= 4 is 29.2 Å². The van der Waals surface area contributed by atoms with Crippen LogP contribution in [0.1, 0.15) is 25.8 Å². The van der Waals surface area contributed by atoms with Gasteiger partial charge in [-0.15, -0.1) is 0 Å². The number of carbonyl (C=O) groups is 1. The van der Waals surface area contributed by atoms with Crippen molar-refractivity contribution in [2.24, 2.45) is 4.99 Å². The molecule has 0 bridgehead atoms. The molecule has 1 aromatic carbocycles. The van der Waals surface area contributed by atoms with Crippen molar-refractivity contribution in [1.82, 2.24) is 20.4 Å². The Bertz CT molecular complexity index is 1430. The van der Waals surface area contributed by atoms with Gasteiger partial charge >= 0.3 is 6.18 Å². The lowest BCUT2D eigenvalue weighted by Gasteiger charge is -2.44. The molecule has 4 aliphatic rings. The number of methoxy groups -OCH3 is 1. The quantitative estimate of drug-likeness (QED) is 0.361. The third-order valence-corrected chi connectivity index (χ3v) is 8.45. The van der Waals surface area contributed by atoms with E-state index in [1.165, 1.54) is 12.1 Å². The van der Waals surface area contributed by atoms with Crippen LogP contribution in [0.15, 0.2) is 58.6 Å². The Labute approximate surface area is 253 Å². The monoisotopic (exact) mass is 619 g/mol. The molecule has 1 saturated heterocycles. The molecule has 5 rings (SSSR count). The van der Waals surface area contributed by atoms with Crippen LogP contribution in [-0.2, 0) is 9.53 Å². The van der Waals surface area contributed by atoms with E-state index in [4.69, 9.17) is 4.74 Å². The molecule has 1 amide bonds. The molecule has 4 atom stereocenters. The van der Waals surface area contributed by atoms with Crippen molar-refractivity contribution in [2.45, 2.75) is 50.9 Å². The van der Waals surface area contributed by atoms with E-state index in [1.54, 1.807) is 13.4 Å². The Morgan fingerprint density at radius 3 is 2.59 bits per heavy atom. The van der Waals surface area contributed by atoms with Crippen LogP contribution < -0.4 is 20.9 Å². The van der Waals surface area contributed by atoms with Crippen LogP contribution in [0.25, 0.3) is 5.57 Å². The maximum Gasteiger partial charge on any atom is 0.417 e. The minimum Gasteiger partial charge on any atom is -0.482 e. The molecular formula is C30H37F4N7O3. The van der Waals surface area contributed by atoms with Crippen LogP contribution in [0.5, 0.6) is 0 Å². The molecule has 0 aliphatic carbocycles. The predicted molar refractivity (Wildman–Crippen MR) is 160 cm³/mol. The molecule has 238 valence electrons. The molecule has 0 saturated carbocycles. The van der Waals surface area contributed by atoms with Crippen LogP contribution >= 0.6 is 0 Å². The summed E-state index contributed by atoms with van der Waals surface area (Å²) in [4.78, 5) is 24.0. The number of carbonyl (C=O) groups excluding carboxylic acids is 1. The lowest BCUT2D eigenvalue weighted by molar-refractivity contribution is -0.115. The first-order valence-electron chi connectivity index (χ1n) is 14.4. The molecule has 1 aromatic rings. The number of aliphatic hydroxyl groups excluding tert-OH is 1. The van der Waals surface area contributed by atoms with Gasteiger partial charge in [-0.1, -0.05) is 6.08 Å². The van der Waals surface area contributed by atoms with Crippen molar-refractivity contribution in [2.75, 3.05) is 50.6 Å². The van der Waals surface area contributed by atoms with Gasteiger partial charge in [0.1, 0.15) is 18.2 Å². The third-order valence-electron chi connectivity index (χ3n) is 8.45. The molecule has 0 radical (unpaired) electrons. The number of alkyl halides is 3. The number of dihydropyridines is 1. The number of likely N-dealkylation sites (N-methyl/N-ethyl adjacent to an activating group) is 1. The van der Waals surface area contributed by atoms with Gasteiger partial charge in [0.25, 0.3) is 5.91 Å². The molecule has 0 spiro atoms. The van der Waals surface area contributed by atoms with Crippen LogP contribution in [0.3, 0.4) is 0 Å². The number of aliphatic imine (C=N–C) groups is 1. The maximum atomic E-state index is 16.0. The molecule has 14 heteroatoms. The van der Waals surface area contributed by atoms with E-state index in [0.717, 1.165) is 6.20 Å². The number of amides is 1. The standard InChI is InChI=1S/C30H37F4N7O3/c1-17-13-41(14-18(2)39(17)3)25-10-23(31)20(19-6-5-7-40(15-19)26-11-28(44-4)37-16-36-26)8-24(25)38-29(43)21-12-35-27(42)9-22(21)30(32,33)34/h6,8-12,16-18,26-27,35,42H,5,7,13-15H2,1-4H3,(H,36,37)(H,38,43)/t17-,18+,26?,27?. The number of nitrogens with one attached hydrogen (secondary N) is 3. The number of ether oxygens (including phenoxy) is 1. The number of aliphatic hydroxyl groups is 1. The van der Waals surface area contributed by atoms with Gasteiger partial charge in [0, 0.05) is 56.1 Å². The van der Waals surface area contributed by atoms with Crippen molar-refractivity contribution in [1.29, 1.82) is 0 Å². The highest BCUT2D eigenvalue weighted by Gasteiger charge is 2.40. The number of benzene rings is 1. The SMILES string of the molecule is COC1=CC(N2CCC=C(c3cc(NC(=O)C4=CNC(O)C=C4C(F)(F)F)c(N4C[C@@H](C)N(C)[C@@H](C)C4)cc3F)C2)N=CN1. The molecule has 4 aliphatic heterocycles. The summed E-state index contributed by atoms with van der Waals surface area (Å²) < 4.78 is 62.8. The number of halogens is 4. The van der Waals surface area contributed by atoms with Gasteiger partial charge in [-0.25, -0.2) is 4.39 Å². The highest BCUT2D eigenvalue weighted by atomic mass is 19.4. The number of rotatable bonds is 6. The Kier molecular flexibility index (Phi) is 9.05. The second-order valence-corrected chi connectivity index (χ2v) is 11.4. The fourth-order valence-electron chi connectivity index (χ4n) is 5.86. The molecule has 4 N–H and O–H groups in total. The fourth-order valence-corrected chi connectivity index (χ4v) is 5.86. The van der Waals surface area contributed by atoms with E-state index < -0.39 is 35.3 Å². The van der Waals surface area contributed by atoms with Crippen LogP contribution in [-0.4, -0.2) is 98.1 Å². The van der Waals surface area contributed by atoms with Gasteiger partial charge in [-0.2, -0.15) is 13.2 Å². The summed E-state index contributed by atoms with van der Waals surface area (Å²) in [5.41, 5.74) is -0.498. The summed E-state index contributed by atoms with van der Waals surface area (Å²) in [7, 11) is 3.54. The minimum atomic E-state index is -4.88. The average Bonchev–Trinajstić information content (AvgIpc) is 2.99. The molecular weight excluding hydrogens is 582 g/mol. The zero-order chi connectivity index (χ0) is 31.8. The van der Waals surface area contributed by atoms with E-state index in [-0.39, 0.29) is 29.5 Å². The molecule has 2 unspecified atom stereocenters. The van der Waals surface area contributed by atoms with E-state index in [0.29, 0.717) is 55.8 Å². The summed E-state index contributed by atoms with van der Waals surface area (Å²) in [5.74, 6) is -1.00. The lowest BCUT2D eigenvalue weighted by Crippen LogP contribution is -2.55.